The number of aliphatic carboxylic acids is 1. The zero-order valence-corrected chi connectivity index (χ0v) is 10.2. The largest absolute Gasteiger partial charge is 0.480 e. The van der Waals surface area contributed by atoms with Gasteiger partial charge in [-0.15, -0.1) is 6.58 Å². The Morgan fingerprint density at radius 3 is 2.71 bits per heavy atom. The molecule has 0 heterocycles. The molecule has 0 aromatic rings. The lowest BCUT2D eigenvalue weighted by Gasteiger charge is -2.21. The van der Waals surface area contributed by atoms with Gasteiger partial charge in [0, 0.05) is 13.6 Å². The highest BCUT2D eigenvalue weighted by atomic mass is 16.4. The van der Waals surface area contributed by atoms with E-state index >= 15 is 0 Å². The zero-order chi connectivity index (χ0) is 12.8. The number of carbonyl (C=O) groups excluding carboxylic acids is 1. The molecule has 1 unspecified atom stereocenters. The number of carboxylic acids is 1. The molecule has 17 heavy (non-hydrogen) atoms. The molecule has 5 heteroatoms. The fourth-order valence-electron chi connectivity index (χ4n) is 1.63. The van der Waals surface area contributed by atoms with E-state index in [9.17, 15) is 9.59 Å². The van der Waals surface area contributed by atoms with Gasteiger partial charge in [-0.25, -0.2) is 9.59 Å². The molecule has 2 amide bonds. The number of nitrogens with one attached hydrogen (secondary N) is 1. The fourth-order valence-corrected chi connectivity index (χ4v) is 1.63. The summed E-state index contributed by atoms with van der Waals surface area (Å²) in [6, 6.07) is -1.04. The maximum Gasteiger partial charge on any atom is 0.326 e. The molecule has 0 spiro atoms. The van der Waals surface area contributed by atoms with Crippen molar-refractivity contribution in [2.75, 3.05) is 13.6 Å². The Bertz CT molecular complexity index is 300. The lowest BCUT2D eigenvalue weighted by atomic mass is 10.2. The van der Waals surface area contributed by atoms with E-state index < -0.39 is 12.0 Å². The van der Waals surface area contributed by atoms with Crippen molar-refractivity contribution in [3.05, 3.63) is 12.7 Å². The van der Waals surface area contributed by atoms with E-state index in [-0.39, 0.29) is 11.9 Å². The van der Waals surface area contributed by atoms with Crippen molar-refractivity contribution < 1.29 is 14.7 Å². The molecular formula is C12H20N2O3. The van der Waals surface area contributed by atoms with Crippen LogP contribution in [-0.2, 0) is 4.79 Å². The Labute approximate surface area is 101 Å². The second kappa shape index (κ2) is 6.27. The van der Waals surface area contributed by atoms with E-state index in [0.29, 0.717) is 6.54 Å². The van der Waals surface area contributed by atoms with Gasteiger partial charge in [0.2, 0.25) is 0 Å². The van der Waals surface area contributed by atoms with Gasteiger partial charge in [-0.1, -0.05) is 6.08 Å². The molecule has 5 nitrogen and oxygen atoms in total. The normalized spacial score (nSPS) is 16.1. The summed E-state index contributed by atoms with van der Waals surface area (Å²) in [5.41, 5.74) is 0. The number of hydrogen-bond donors (Lipinski definition) is 2. The lowest BCUT2D eigenvalue weighted by Crippen LogP contribution is -2.48. The first-order chi connectivity index (χ1) is 8.06. The highest BCUT2D eigenvalue weighted by Gasteiger charge is 2.37. The van der Waals surface area contributed by atoms with Crippen LogP contribution in [0, 0.1) is 5.92 Å². The van der Waals surface area contributed by atoms with E-state index in [1.807, 2.05) is 0 Å². The number of urea groups is 1. The molecule has 2 N–H and O–H groups in total. The minimum absolute atomic E-state index is 0.109. The standard InChI is InChI=1S/C12H20N2O3/c1-3-4-5-8-14(2)12(17)13-10(11(15)16)9-6-7-9/h3,9-10H,1,4-8H2,2H3,(H,13,17)(H,15,16). The first-order valence-corrected chi connectivity index (χ1v) is 5.91. The smallest absolute Gasteiger partial charge is 0.326 e. The number of carbonyl (C=O) groups is 2. The third kappa shape index (κ3) is 4.46. The molecule has 0 radical (unpaired) electrons. The number of nitrogens with zero attached hydrogens (tertiary/aromatic N) is 1. The number of carboxylic acid groups (broad SMARTS) is 1. The number of hydrogen-bond acceptors (Lipinski definition) is 2. The minimum atomic E-state index is -0.944. The van der Waals surface area contributed by atoms with E-state index in [2.05, 4.69) is 11.9 Å². The summed E-state index contributed by atoms with van der Waals surface area (Å²) in [6.45, 7) is 4.21. The van der Waals surface area contributed by atoms with Crippen molar-refractivity contribution in [3.8, 4) is 0 Å². The highest BCUT2D eigenvalue weighted by Crippen LogP contribution is 2.32. The van der Waals surface area contributed by atoms with Crippen molar-refractivity contribution in [2.45, 2.75) is 31.7 Å². The van der Waals surface area contributed by atoms with Crippen molar-refractivity contribution in [2.24, 2.45) is 5.92 Å². The van der Waals surface area contributed by atoms with Gasteiger partial charge in [0.05, 0.1) is 0 Å². The Hall–Kier alpha value is -1.52. The summed E-state index contributed by atoms with van der Waals surface area (Å²) in [6.07, 6.45) is 5.27. The Balaban J connectivity index is 2.35. The summed E-state index contributed by atoms with van der Waals surface area (Å²) < 4.78 is 0. The molecule has 1 atom stereocenters. The first-order valence-electron chi connectivity index (χ1n) is 5.91. The molecule has 0 aromatic carbocycles. The summed E-state index contributed by atoms with van der Waals surface area (Å²) in [5.74, 6) is -0.835. The second-order valence-electron chi connectivity index (χ2n) is 4.46. The quantitative estimate of drug-likeness (QED) is 0.523. The van der Waals surface area contributed by atoms with Crippen LogP contribution in [0.1, 0.15) is 25.7 Å². The molecule has 1 fully saturated rings. The third-order valence-electron chi connectivity index (χ3n) is 2.89. The maximum absolute atomic E-state index is 11.7. The summed E-state index contributed by atoms with van der Waals surface area (Å²) in [4.78, 5) is 24.2. The molecule has 0 saturated heterocycles. The summed E-state index contributed by atoms with van der Waals surface area (Å²) in [5, 5.41) is 11.5. The van der Waals surface area contributed by atoms with Crippen molar-refractivity contribution in [3.63, 3.8) is 0 Å². The van der Waals surface area contributed by atoms with Crippen LogP contribution >= 0.6 is 0 Å². The maximum atomic E-state index is 11.7. The summed E-state index contributed by atoms with van der Waals surface area (Å²) in [7, 11) is 1.67. The van der Waals surface area contributed by atoms with Crippen LogP contribution < -0.4 is 5.32 Å². The number of amides is 2. The van der Waals surface area contributed by atoms with Crippen molar-refractivity contribution in [1.29, 1.82) is 0 Å². The lowest BCUT2D eigenvalue weighted by molar-refractivity contribution is -0.139. The van der Waals surface area contributed by atoms with Gasteiger partial charge in [-0.2, -0.15) is 0 Å². The first kappa shape index (κ1) is 13.5. The molecule has 1 rings (SSSR count). The average molecular weight is 240 g/mol. The minimum Gasteiger partial charge on any atom is -0.480 e. The van der Waals surface area contributed by atoms with E-state index in [4.69, 9.17) is 5.11 Å². The molecule has 0 aliphatic heterocycles. The number of rotatable bonds is 7. The average Bonchev–Trinajstić information content (AvgIpc) is 3.09. The van der Waals surface area contributed by atoms with Crippen molar-refractivity contribution >= 4 is 12.0 Å². The zero-order valence-electron chi connectivity index (χ0n) is 10.2. The Kier molecular flexibility index (Phi) is 5.00. The molecule has 96 valence electrons. The van der Waals surface area contributed by atoms with Crippen LogP contribution in [0.3, 0.4) is 0 Å². The van der Waals surface area contributed by atoms with Crippen LogP contribution in [0.25, 0.3) is 0 Å². The van der Waals surface area contributed by atoms with Gasteiger partial charge in [0.25, 0.3) is 0 Å². The molecule has 1 aliphatic carbocycles. The molecule has 1 aliphatic rings. The van der Waals surface area contributed by atoms with Crippen molar-refractivity contribution in [1.82, 2.24) is 10.2 Å². The van der Waals surface area contributed by atoms with Gasteiger partial charge in [-0.05, 0) is 31.6 Å². The molecule has 1 saturated carbocycles. The van der Waals surface area contributed by atoms with Gasteiger partial charge >= 0.3 is 12.0 Å². The molecule has 0 aromatic heterocycles. The topological polar surface area (TPSA) is 69.6 Å². The van der Waals surface area contributed by atoms with Gasteiger partial charge < -0.3 is 15.3 Å². The third-order valence-corrected chi connectivity index (χ3v) is 2.89. The van der Waals surface area contributed by atoms with Gasteiger partial charge in [0.15, 0.2) is 0 Å². The van der Waals surface area contributed by atoms with Crippen LogP contribution in [0.2, 0.25) is 0 Å². The Morgan fingerprint density at radius 2 is 2.24 bits per heavy atom. The number of allylic oxidation sites excluding steroid dienone is 1. The Morgan fingerprint density at radius 1 is 1.59 bits per heavy atom. The van der Waals surface area contributed by atoms with Crippen LogP contribution in [0.5, 0.6) is 0 Å². The van der Waals surface area contributed by atoms with Gasteiger partial charge in [0.1, 0.15) is 6.04 Å². The van der Waals surface area contributed by atoms with Gasteiger partial charge in [-0.3, -0.25) is 0 Å². The predicted molar refractivity (Wildman–Crippen MR) is 64.7 cm³/mol. The number of unbranched alkanes of at least 4 members (excludes halogenated alkanes) is 1. The predicted octanol–water partition coefficient (Wildman–Crippen LogP) is 1.46. The van der Waals surface area contributed by atoms with E-state index in [0.717, 1.165) is 25.7 Å². The van der Waals surface area contributed by atoms with E-state index in [1.54, 1.807) is 13.1 Å². The summed E-state index contributed by atoms with van der Waals surface area (Å²) >= 11 is 0. The van der Waals surface area contributed by atoms with Crippen LogP contribution in [0.15, 0.2) is 12.7 Å². The fraction of sp³-hybridized carbons (Fsp3) is 0.667. The molecular weight excluding hydrogens is 220 g/mol. The highest BCUT2D eigenvalue weighted by molar-refractivity contribution is 5.83. The SMILES string of the molecule is C=CCCCN(C)C(=O)NC(C(=O)O)C1CC1. The second-order valence-corrected chi connectivity index (χ2v) is 4.46. The molecule has 0 bridgehead atoms. The monoisotopic (exact) mass is 240 g/mol. The van der Waals surface area contributed by atoms with Crippen LogP contribution in [0.4, 0.5) is 4.79 Å². The van der Waals surface area contributed by atoms with E-state index in [1.165, 1.54) is 4.90 Å². The van der Waals surface area contributed by atoms with Crippen LogP contribution in [-0.4, -0.2) is 41.6 Å².